The van der Waals surface area contributed by atoms with Gasteiger partial charge in [-0.3, -0.25) is 9.52 Å². The van der Waals surface area contributed by atoms with Crippen LogP contribution in [-0.4, -0.2) is 20.9 Å². The van der Waals surface area contributed by atoms with Crippen molar-refractivity contribution in [3.8, 4) is 5.75 Å². The van der Waals surface area contributed by atoms with Crippen LogP contribution in [0.1, 0.15) is 28.4 Å². The lowest BCUT2D eigenvalue weighted by Gasteiger charge is -2.12. The van der Waals surface area contributed by atoms with Gasteiger partial charge in [-0.15, -0.1) is 0 Å². The number of hydrogen-bond donors (Lipinski definition) is 2. The van der Waals surface area contributed by atoms with E-state index in [9.17, 15) is 17.6 Å². The molecule has 0 unspecified atom stereocenters. The van der Waals surface area contributed by atoms with E-state index in [1.165, 1.54) is 24.3 Å². The van der Waals surface area contributed by atoms with Gasteiger partial charge in [0.2, 0.25) is 0 Å². The lowest BCUT2D eigenvalue weighted by molar-refractivity contribution is 0.0951. The predicted octanol–water partition coefficient (Wildman–Crippen LogP) is 4.92. The lowest BCUT2D eigenvalue weighted by atomic mass is 10.1. The molecule has 0 fully saturated rings. The van der Waals surface area contributed by atoms with Crippen molar-refractivity contribution in [3.05, 3.63) is 88.2 Å². The van der Waals surface area contributed by atoms with Crippen LogP contribution in [0.25, 0.3) is 0 Å². The molecule has 3 aromatic rings. The summed E-state index contributed by atoms with van der Waals surface area (Å²) < 4.78 is 46.8. The second-order valence-corrected chi connectivity index (χ2v) is 9.06. The third-order valence-electron chi connectivity index (χ3n) is 4.59. The summed E-state index contributed by atoms with van der Waals surface area (Å²) in [6.07, 6.45) is 0. The molecule has 0 aliphatic carbocycles. The molecule has 168 valence electrons. The highest BCUT2D eigenvalue weighted by molar-refractivity contribution is 7.92. The van der Waals surface area contributed by atoms with E-state index in [2.05, 4.69) is 10.0 Å². The van der Waals surface area contributed by atoms with Gasteiger partial charge in [-0.2, -0.15) is 0 Å². The summed E-state index contributed by atoms with van der Waals surface area (Å²) in [6, 6.07) is 14.9. The van der Waals surface area contributed by atoms with Crippen molar-refractivity contribution >= 4 is 33.2 Å². The number of carbonyl (C=O) groups is 1. The van der Waals surface area contributed by atoms with Crippen LogP contribution in [0.15, 0.2) is 65.6 Å². The van der Waals surface area contributed by atoms with Crippen molar-refractivity contribution in [3.63, 3.8) is 0 Å². The first-order valence-corrected chi connectivity index (χ1v) is 11.6. The van der Waals surface area contributed by atoms with Gasteiger partial charge in [0.25, 0.3) is 15.9 Å². The number of benzene rings is 3. The highest BCUT2D eigenvalue weighted by Crippen LogP contribution is 2.24. The van der Waals surface area contributed by atoms with Gasteiger partial charge in [-0.25, -0.2) is 12.8 Å². The number of carbonyl (C=O) groups excluding carboxylic acids is 1. The van der Waals surface area contributed by atoms with Crippen molar-refractivity contribution in [2.45, 2.75) is 25.3 Å². The van der Waals surface area contributed by atoms with Crippen LogP contribution in [0.3, 0.4) is 0 Å². The molecule has 0 atom stereocenters. The fraction of sp³-hybridized carbons (Fsp3) is 0.174. The van der Waals surface area contributed by atoms with E-state index in [-0.39, 0.29) is 27.8 Å². The fourth-order valence-corrected chi connectivity index (χ4v) is 4.23. The number of nitrogens with one attached hydrogen (secondary N) is 2. The summed E-state index contributed by atoms with van der Waals surface area (Å²) in [7, 11) is -3.96. The molecule has 0 heterocycles. The SMILES string of the molecule is CCOc1ccc(NS(=O)(=O)c2ccc(Cl)c(C(=O)NCc3ccc(F)c(C)c3)c2)cc1. The summed E-state index contributed by atoms with van der Waals surface area (Å²) in [5, 5.41) is 2.78. The summed E-state index contributed by atoms with van der Waals surface area (Å²) >= 11 is 6.14. The number of amides is 1. The van der Waals surface area contributed by atoms with Crippen molar-refractivity contribution in [1.29, 1.82) is 0 Å². The van der Waals surface area contributed by atoms with Crippen molar-refractivity contribution < 1.29 is 22.3 Å². The molecule has 0 aromatic heterocycles. The number of ether oxygens (including phenoxy) is 1. The fourth-order valence-electron chi connectivity index (χ4n) is 2.94. The molecule has 9 heteroatoms. The molecule has 3 rings (SSSR count). The van der Waals surface area contributed by atoms with Gasteiger partial charge in [-0.05, 0) is 73.5 Å². The average molecular weight is 477 g/mol. The van der Waals surface area contributed by atoms with E-state index >= 15 is 0 Å². The largest absolute Gasteiger partial charge is 0.494 e. The topological polar surface area (TPSA) is 84.5 Å². The van der Waals surface area contributed by atoms with E-state index in [0.717, 1.165) is 0 Å². The Morgan fingerprint density at radius 3 is 2.44 bits per heavy atom. The minimum absolute atomic E-state index is 0.0140. The highest BCUT2D eigenvalue weighted by atomic mass is 35.5. The van der Waals surface area contributed by atoms with E-state index in [1.807, 2.05) is 6.92 Å². The third-order valence-corrected chi connectivity index (χ3v) is 6.29. The number of rotatable bonds is 8. The molecule has 2 N–H and O–H groups in total. The van der Waals surface area contributed by atoms with Crippen LogP contribution >= 0.6 is 11.6 Å². The predicted molar refractivity (Wildman–Crippen MR) is 122 cm³/mol. The van der Waals surface area contributed by atoms with E-state index < -0.39 is 15.9 Å². The van der Waals surface area contributed by atoms with Crippen molar-refractivity contribution in [1.82, 2.24) is 5.32 Å². The number of sulfonamides is 1. The van der Waals surface area contributed by atoms with E-state index in [4.69, 9.17) is 16.3 Å². The first-order chi connectivity index (χ1) is 15.2. The van der Waals surface area contributed by atoms with Crippen LogP contribution in [0.4, 0.5) is 10.1 Å². The van der Waals surface area contributed by atoms with Gasteiger partial charge < -0.3 is 10.1 Å². The van der Waals surface area contributed by atoms with Crippen LogP contribution < -0.4 is 14.8 Å². The Balaban J connectivity index is 1.75. The monoisotopic (exact) mass is 476 g/mol. The van der Waals surface area contributed by atoms with Crippen molar-refractivity contribution in [2.75, 3.05) is 11.3 Å². The van der Waals surface area contributed by atoms with Crippen LogP contribution in [-0.2, 0) is 16.6 Å². The zero-order valence-corrected chi connectivity index (χ0v) is 19.1. The summed E-state index contributed by atoms with van der Waals surface area (Å²) in [5.41, 5.74) is 1.53. The van der Waals surface area contributed by atoms with E-state index in [0.29, 0.717) is 29.2 Å². The van der Waals surface area contributed by atoms with Gasteiger partial charge in [0.15, 0.2) is 0 Å². The Morgan fingerprint density at radius 2 is 1.78 bits per heavy atom. The molecule has 3 aromatic carbocycles. The second-order valence-electron chi connectivity index (χ2n) is 6.97. The summed E-state index contributed by atoms with van der Waals surface area (Å²) in [4.78, 5) is 12.5. The Bertz CT molecular complexity index is 1230. The summed E-state index contributed by atoms with van der Waals surface area (Å²) in [5.74, 6) is -0.256. The molecular weight excluding hydrogens is 455 g/mol. The molecule has 0 aliphatic rings. The number of hydrogen-bond acceptors (Lipinski definition) is 4. The Labute approximate surface area is 191 Å². The minimum atomic E-state index is -3.96. The van der Waals surface area contributed by atoms with Crippen LogP contribution in [0.2, 0.25) is 5.02 Å². The minimum Gasteiger partial charge on any atom is -0.494 e. The zero-order chi connectivity index (χ0) is 23.3. The molecule has 0 spiro atoms. The molecule has 32 heavy (non-hydrogen) atoms. The molecule has 0 saturated heterocycles. The highest BCUT2D eigenvalue weighted by Gasteiger charge is 2.19. The lowest BCUT2D eigenvalue weighted by Crippen LogP contribution is -2.24. The van der Waals surface area contributed by atoms with Crippen molar-refractivity contribution in [2.24, 2.45) is 0 Å². The van der Waals surface area contributed by atoms with Crippen LogP contribution in [0, 0.1) is 12.7 Å². The van der Waals surface area contributed by atoms with Gasteiger partial charge in [-0.1, -0.05) is 23.7 Å². The molecular formula is C23H22ClFN2O4S. The normalized spacial score (nSPS) is 11.1. The molecule has 0 radical (unpaired) electrons. The standard InChI is InChI=1S/C23H22ClFN2O4S/c1-3-31-18-7-5-17(6-8-18)27-32(29,30)19-9-10-21(24)20(13-19)23(28)26-14-16-4-11-22(25)15(2)12-16/h4-13,27H,3,14H2,1-2H3,(H,26,28). The maximum Gasteiger partial charge on any atom is 0.261 e. The Kier molecular flexibility index (Phi) is 7.37. The number of aryl methyl sites for hydroxylation is 1. The maximum atomic E-state index is 13.4. The summed E-state index contributed by atoms with van der Waals surface area (Å²) in [6.45, 7) is 4.12. The molecule has 1 amide bonds. The number of anilines is 1. The molecule has 0 aliphatic heterocycles. The quantitative estimate of drug-likeness (QED) is 0.483. The third kappa shape index (κ3) is 5.77. The molecule has 0 saturated carbocycles. The molecule has 0 bridgehead atoms. The first kappa shape index (κ1) is 23.6. The zero-order valence-electron chi connectivity index (χ0n) is 17.5. The Hall–Kier alpha value is -3.10. The van der Waals surface area contributed by atoms with Gasteiger partial charge in [0.05, 0.1) is 22.1 Å². The maximum absolute atomic E-state index is 13.4. The van der Waals surface area contributed by atoms with E-state index in [1.54, 1.807) is 43.3 Å². The Morgan fingerprint density at radius 1 is 1.06 bits per heavy atom. The van der Waals surface area contributed by atoms with Gasteiger partial charge >= 0.3 is 0 Å². The smallest absolute Gasteiger partial charge is 0.261 e. The van der Waals surface area contributed by atoms with Gasteiger partial charge in [0.1, 0.15) is 11.6 Å². The molecule has 6 nitrogen and oxygen atoms in total. The van der Waals surface area contributed by atoms with Crippen LogP contribution in [0.5, 0.6) is 5.75 Å². The second kappa shape index (κ2) is 10.0. The average Bonchev–Trinajstić information content (AvgIpc) is 2.76. The number of halogens is 2. The first-order valence-electron chi connectivity index (χ1n) is 9.78. The van der Waals surface area contributed by atoms with Gasteiger partial charge in [0, 0.05) is 12.2 Å².